The van der Waals surface area contributed by atoms with Crippen molar-refractivity contribution >= 4 is 11.9 Å². The maximum atomic E-state index is 10.2. The molecule has 0 saturated carbocycles. The van der Waals surface area contributed by atoms with E-state index in [-0.39, 0.29) is 0 Å². The predicted molar refractivity (Wildman–Crippen MR) is 34.2 cm³/mol. The zero-order valence-electron chi connectivity index (χ0n) is 5.48. The van der Waals surface area contributed by atoms with Gasteiger partial charge in [0.25, 0.3) is 0 Å². The summed E-state index contributed by atoms with van der Waals surface area (Å²) in [5, 5.41) is 10.4. The van der Waals surface area contributed by atoms with Crippen molar-refractivity contribution in [2.24, 2.45) is 11.0 Å². The van der Waals surface area contributed by atoms with Crippen LogP contribution in [0.4, 0.5) is 0 Å². The molecule has 0 spiro atoms. The second-order valence-corrected chi connectivity index (χ2v) is 1.78. The monoisotopic (exact) mass is 161 g/mol. The van der Waals surface area contributed by atoms with Crippen molar-refractivity contribution in [1.29, 1.82) is 0 Å². The molecule has 0 aromatic carbocycles. The fourth-order valence-corrected chi connectivity index (χ4v) is 0.453. The minimum atomic E-state index is -1.34. The summed E-state index contributed by atoms with van der Waals surface area (Å²) in [5.41, 5.74) is 6.36. The van der Waals surface area contributed by atoms with E-state index in [1.807, 2.05) is 0 Å². The smallest absolute Gasteiger partial charge is 0.328 e. The van der Waals surface area contributed by atoms with Gasteiger partial charge in [0.05, 0.1) is 11.7 Å². The van der Waals surface area contributed by atoms with Crippen LogP contribution in [0.2, 0.25) is 0 Å². The van der Waals surface area contributed by atoms with Crippen LogP contribution in [-0.4, -0.2) is 23.0 Å². The molecule has 0 rings (SSSR count). The first-order chi connectivity index (χ1) is 5.07. The van der Waals surface area contributed by atoms with Gasteiger partial charge in [-0.1, -0.05) is 0 Å². The first-order valence-corrected chi connectivity index (χ1v) is 2.67. The van der Waals surface area contributed by atoms with Gasteiger partial charge in [0.15, 0.2) is 6.04 Å². The highest BCUT2D eigenvalue weighted by atomic mass is 16.4. The number of nitroso groups, excluding NO2 is 1. The van der Waals surface area contributed by atoms with Crippen LogP contribution in [0.3, 0.4) is 0 Å². The molecular formula is C4H7N3O4. The SMILES string of the molecule is NC(=O)C[C@H](NN=O)C(=O)O. The Hall–Kier alpha value is -1.66. The average Bonchev–Trinajstić information content (AvgIpc) is 1.86. The number of amides is 1. The lowest BCUT2D eigenvalue weighted by Crippen LogP contribution is -2.36. The largest absolute Gasteiger partial charge is 0.480 e. The number of nitrogens with one attached hydrogen (secondary N) is 1. The molecule has 11 heavy (non-hydrogen) atoms. The fourth-order valence-electron chi connectivity index (χ4n) is 0.453. The van der Waals surface area contributed by atoms with Gasteiger partial charge in [0, 0.05) is 0 Å². The molecule has 0 aliphatic carbocycles. The Balaban J connectivity index is 3.99. The molecule has 1 atom stereocenters. The van der Waals surface area contributed by atoms with Gasteiger partial charge in [0.2, 0.25) is 5.91 Å². The molecule has 1 amide bonds. The zero-order chi connectivity index (χ0) is 8.85. The molecule has 0 bridgehead atoms. The Labute approximate surface area is 61.5 Å². The number of carboxylic acids is 1. The van der Waals surface area contributed by atoms with E-state index in [1.165, 1.54) is 0 Å². The van der Waals surface area contributed by atoms with Gasteiger partial charge < -0.3 is 10.8 Å². The first-order valence-electron chi connectivity index (χ1n) is 2.67. The predicted octanol–water partition coefficient (Wildman–Crippen LogP) is -1.41. The average molecular weight is 161 g/mol. The molecular weight excluding hydrogens is 154 g/mol. The van der Waals surface area contributed by atoms with E-state index in [2.05, 4.69) is 11.0 Å². The van der Waals surface area contributed by atoms with Crippen molar-refractivity contribution in [1.82, 2.24) is 5.43 Å². The van der Waals surface area contributed by atoms with Crippen LogP contribution in [-0.2, 0) is 9.59 Å². The van der Waals surface area contributed by atoms with Gasteiger partial charge >= 0.3 is 5.97 Å². The Kier molecular flexibility index (Phi) is 3.57. The molecule has 0 aliphatic heterocycles. The number of carbonyl (C=O) groups is 2. The molecule has 0 aromatic heterocycles. The van der Waals surface area contributed by atoms with Crippen molar-refractivity contribution in [3.63, 3.8) is 0 Å². The molecule has 7 heteroatoms. The van der Waals surface area contributed by atoms with Crippen LogP contribution in [0, 0.1) is 4.91 Å². The highest BCUT2D eigenvalue weighted by Crippen LogP contribution is 1.90. The molecule has 4 N–H and O–H groups in total. The summed E-state index contributed by atoms with van der Waals surface area (Å²) in [7, 11) is 0. The standard InChI is InChI=1S/C4H7N3O4/c5-3(8)1-2(4(9)10)6-7-11/h2H,1H2,(H2,5,8)(H,6,11)(H,9,10)/t2-/m0/s1. The van der Waals surface area contributed by atoms with Crippen molar-refractivity contribution in [2.45, 2.75) is 12.5 Å². The summed E-state index contributed by atoms with van der Waals surface area (Å²) in [6.07, 6.45) is -0.457. The molecule has 0 aliphatic rings. The quantitative estimate of drug-likeness (QED) is 0.337. The molecule has 0 aromatic rings. The van der Waals surface area contributed by atoms with Crippen molar-refractivity contribution in [3.8, 4) is 0 Å². The van der Waals surface area contributed by atoms with E-state index in [1.54, 1.807) is 5.43 Å². The lowest BCUT2D eigenvalue weighted by molar-refractivity contribution is -0.141. The van der Waals surface area contributed by atoms with E-state index in [0.29, 0.717) is 0 Å². The fraction of sp³-hybridized carbons (Fsp3) is 0.500. The van der Waals surface area contributed by atoms with E-state index in [9.17, 15) is 14.5 Å². The van der Waals surface area contributed by atoms with E-state index in [0.717, 1.165) is 0 Å². The lowest BCUT2D eigenvalue weighted by atomic mass is 10.2. The molecule has 62 valence electrons. The summed E-state index contributed by atoms with van der Waals surface area (Å²) in [6, 6.07) is -1.33. The maximum Gasteiger partial charge on any atom is 0.328 e. The minimum absolute atomic E-state index is 0.457. The molecule has 0 saturated heterocycles. The number of carboxylic acid groups (broad SMARTS) is 1. The first kappa shape index (κ1) is 9.34. The van der Waals surface area contributed by atoms with Gasteiger partial charge in [-0.25, -0.2) is 4.79 Å². The Bertz CT molecular complexity index is 180. The highest BCUT2D eigenvalue weighted by molar-refractivity contribution is 5.83. The summed E-state index contributed by atoms with van der Waals surface area (Å²) >= 11 is 0. The summed E-state index contributed by atoms with van der Waals surface area (Å²) in [5.74, 6) is -2.16. The van der Waals surface area contributed by atoms with Crippen LogP contribution in [0.1, 0.15) is 6.42 Å². The van der Waals surface area contributed by atoms with E-state index >= 15 is 0 Å². The number of nitrogens with zero attached hydrogens (tertiary/aromatic N) is 1. The van der Waals surface area contributed by atoms with Crippen LogP contribution in [0.25, 0.3) is 0 Å². The molecule has 0 heterocycles. The lowest BCUT2D eigenvalue weighted by Gasteiger charge is -2.05. The minimum Gasteiger partial charge on any atom is -0.480 e. The summed E-state index contributed by atoms with van der Waals surface area (Å²) in [6.45, 7) is 0. The summed E-state index contributed by atoms with van der Waals surface area (Å²) < 4.78 is 0. The van der Waals surface area contributed by atoms with Crippen LogP contribution < -0.4 is 11.2 Å². The molecule has 7 nitrogen and oxygen atoms in total. The number of hydrogen-bond acceptors (Lipinski definition) is 4. The molecule has 0 fully saturated rings. The zero-order valence-corrected chi connectivity index (χ0v) is 5.48. The number of carbonyl (C=O) groups excluding carboxylic acids is 1. The van der Waals surface area contributed by atoms with Crippen LogP contribution >= 0.6 is 0 Å². The van der Waals surface area contributed by atoms with Gasteiger partial charge in [-0.05, 0) is 0 Å². The maximum absolute atomic E-state index is 10.2. The second-order valence-electron chi connectivity index (χ2n) is 1.78. The van der Waals surface area contributed by atoms with Crippen LogP contribution in [0.5, 0.6) is 0 Å². The number of aliphatic carboxylic acids is 1. The third-order valence-corrected chi connectivity index (χ3v) is 0.912. The third-order valence-electron chi connectivity index (χ3n) is 0.912. The van der Waals surface area contributed by atoms with Gasteiger partial charge in [-0.15, -0.1) is 4.91 Å². The Morgan fingerprint density at radius 3 is 2.45 bits per heavy atom. The number of nitrogens with two attached hydrogens (primary N) is 1. The van der Waals surface area contributed by atoms with Crippen molar-refractivity contribution in [2.75, 3.05) is 0 Å². The second kappa shape index (κ2) is 4.20. The van der Waals surface area contributed by atoms with Crippen molar-refractivity contribution in [3.05, 3.63) is 4.91 Å². The number of primary amides is 1. The number of rotatable bonds is 5. The molecule has 0 radical (unpaired) electrons. The third kappa shape index (κ3) is 3.84. The van der Waals surface area contributed by atoms with Gasteiger partial charge in [-0.3, -0.25) is 10.2 Å². The van der Waals surface area contributed by atoms with Gasteiger partial charge in [-0.2, -0.15) is 0 Å². The normalized spacial score (nSPS) is 11.6. The van der Waals surface area contributed by atoms with Gasteiger partial charge in [0.1, 0.15) is 0 Å². The van der Waals surface area contributed by atoms with E-state index < -0.39 is 24.3 Å². The topological polar surface area (TPSA) is 122 Å². The Morgan fingerprint density at radius 2 is 2.18 bits per heavy atom. The number of hydrogen-bond donors (Lipinski definition) is 3. The van der Waals surface area contributed by atoms with Crippen LogP contribution in [0.15, 0.2) is 5.29 Å². The summed E-state index contributed by atoms with van der Waals surface area (Å²) in [4.78, 5) is 29.8. The van der Waals surface area contributed by atoms with Crippen molar-refractivity contribution < 1.29 is 14.7 Å². The highest BCUT2D eigenvalue weighted by Gasteiger charge is 2.19. The Morgan fingerprint density at radius 1 is 1.64 bits per heavy atom. The molecule has 0 unspecified atom stereocenters. The van der Waals surface area contributed by atoms with E-state index in [4.69, 9.17) is 5.11 Å².